The van der Waals surface area contributed by atoms with Crippen molar-refractivity contribution in [3.8, 4) is 17.1 Å². The predicted molar refractivity (Wildman–Crippen MR) is 79.4 cm³/mol. The van der Waals surface area contributed by atoms with E-state index in [1.807, 2.05) is 37.3 Å². The normalized spacial score (nSPS) is 10.8. The van der Waals surface area contributed by atoms with Gasteiger partial charge in [-0.25, -0.2) is 4.39 Å². The summed E-state index contributed by atoms with van der Waals surface area (Å²) in [5, 5.41) is 8.21. The van der Waals surface area contributed by atoms with E-state index in [0.717, 1.165) is 11.3 Å². The molecule has 0 fully saturated rings. The Morgan fingerprint density at radius 1 is 1.10 bits per heavy atom. The van der Waals surface area contributed by atoms with Crippen molar-refractivity contribution in [1.82, 2.24) is 14.8 Å². The number of rotatable bonds is 3. The lowest BCUT2D eigenvalue weighted by Gasteiger charge is -2.10. The molecule has 0 spiro atoms. The van der Waals surface area contributed by atoms with Crippen LogP contribution in [0.15, 0.2) is 48.5 Å². The highest BCUT2D eigenvalue weighted by Gasteiger charge is 2.17. The molecule has 0 aliphatic heterocycles. The number of nitrogens with zero attached hydrogens (tertiary/aromatic N) is 3. The van der Waals surface area contributed by atoms with Crippen LogP contribution in [-0.2, 0) is 6.54 Å². The first kappa shape index (κ1) is 13.5. The monoisotopic (exact) mass is 282 g/mol. The molecule has 21 heavy (non-hydrogen) atoms. The van der Waals surface area contributed by atoms with Gasteiger partial charge in [0.1, 0.15) is 5.82 Å². The van der Waals surface area contributed by atoms with Crippen molar-refractivity contribution < 1.29 is 4.39 Å². The maximum absolute atomic E-state index is 14.2. The lowest BCUT2D eigenvalue weighted by atomic mass is 10.1. The molecule has 106 valence electrons. The Hall–Kier alpha value is -2.53. The maximum atomic E-state index is 14.2. The first-order valence-electron chi connectivity index (χ1n) is 6.67. The van der Waals surface area contributed by atoms with Crippen molar-refractivity contribution in [2.24, 2.45) is 5.73 Å². The summed E-state index contributed by atoms with van der Waals surface area (Å²) in [6.45, 7) is 2.14. The van der Waals surface area contributed by atoms with E-state index in [9.17, 15) is 4.39 Å². The van der Waals surface area contributed by atoms with E-state index in [-0.39, 0.29) is 12.4 Å². The van der Waals surface area contributed by atoms with Gasteiger partial charge >= 0.3 is 0 Å². The van der Waals surface area contributed by atoms with Crippen molar-refractivity contribution >= 4 is 0 Å². The second kappa shape index (κ2) is 5.46. The third kappa shape index (κ3) is 2.43. The number of aryl methyl sites for hydroxylation is 1. The lowest BCUT2D eigenvalue weighted by molar-refractivity contribution is 0.629. The standard InChI is InChI=1S/C16H15FN4/c1-11-7-8-14(17)13(9-11)16-20-19-15(10-18)21(16)12-5-3-2-4-6-12/h2-9H,10,18H2,1H3. The largest absolute Gasteiger partial charge is 0.324 e. The SMILES string of the molecule is Cc1ccc(F)c(-c2nnc(CN)n2-c2ccccc2)c1. The van der Waals surface area contributed by atoms with Crippen LogP contribution in [0.4, 0.5) is 4.39 Å². The fraction of sp³-hybridized carbons (Fsp3) is 0.125. The second-order valence-electron chi connectivity index (χ2n) is 4.80. The number of hydrogen-bond donors (Lipinski definition) is 1. The summed E-state index contributed by atoms with van der Waals surface area (Å²) in [5.41, 5.74) is 7.97. The second-order valence-corrected chi connectivity index (χ2v) is 4.80. The minimum atomic E-state index is -0.325. The molecule has 2 N–H and O–H groups in total. The molecule has 0 bridgehead atoms. The minimum absolute atomic E-state index is 0.231. The third-order valence-electron chi connectivity index (χ3n) is 3.29. The average Bonchev–Trinajstić information content (AvgIpc) is 2.94. The topological polar surface area (TPSA) is 56.7 Å². The highest BCUT2D eigenvalue weighted by Crippen LogP contribution is 2.26. The summed E-state index contributed by atoms with van der Waals surface area (Å²) in [6.07, 6.45) is 0. The fourth-order valence-electron chi connectivity index (χ4n) is 2.28. The number of aromatic nitrogens is 3. The van der Waals surface area contributed by atoms with Gasteiger partial charge in [0, 0.05) is 5.69 Å². The summed E-state index contributed by atoms with van der Waals surface area (Å²) in [7, 11) is 0. The number of benzene rings is 2. The Kier molecular flexibility index (Phi) is 3.50. The van der Waals surface area contributed by atoms with Crippen molar-refractivity contribution in [2.75, 3.05) is 0 Å². The van der Waals surface area contributed by atoms with Gasteiger partial charge in [0.15, 0.2) is 11.6 Å². The van der Waals surface area contributed by atoms with Gasteiger partial charge in [-0.1, -0.05) is 29.8 Å². The van der Waals surface area contributed by atoms with Crippen LogP contribution in [0, 0.1) is 12.7 Å². The van der Waals surface area contributed by atoms with Gasteiger partial charge in [-0.3, -0.25) is 4.57 Å². The highest BCUT2D eigenvalue weighted by molar-refractivity contribution is 5.60. The van der Waals surface area contributed by atoms with Crippen LogP contribution >= 0.6 is 0 Å². The van der Waals surface area contributed by atoms with E-state index in [4.69, 9.17) is 5.73 Å². The third-order valence-corrected chi connectivity index (χ3v) is 3.29. The zero-order chi connectivity index (χ0) is 14.8. The first-order chi connectivity index (χ1) is 10.2. The Morgan fingerprint density at radius 2 is 1.86 bits per heavy atom. The van der Waals surface area contributed by atoms with Crippen molar-refractivity contribution in [3.05, 3.63) is 65.7 Å². The predicted octanol–water partition coefficient (Wildman–Crippen LogP) is 2.84. The van der Waals surface area contributed by atoms with Gasteiger partial charge in [-0.15, -0.1) is 10.2 Å². The number of halogens is 1. The van der Waals surface area contributed by atoms with E-state index < -0.39 is 0 Å². The summed E-state index contributed by atoms with van der Waals surface area (Å²) >= 11 is 0. The molecule has 0 unspecified atom stereocenters. The summed E-state index contributed by atoms with van der Waals surface area (Å²) in [5.74, 6) is 0.730. The number of nitrogens with two attached hydrogens (primary N) is 1. The van der Waals surface area contributed by atoms with Gasteiger partial charge in [-0.2, -0.15) is 0 Å². The maximum Gasteiger partial charge on any atom is 0.171 e. The molecule has 2 aromatic carbocycles. The molecule has 0 aliphatic rings. The molecular formula is C16H15FN4. The molecule has 1 aromatic heterocycles. The van der Waals surface area contributed by atoms with Gasteiger partial charge < -0.3 is 5.73 Å². The molecule has 0 radical (unpaired) electrons. The van der Waals surface area contributed by atoms with Crippen LogP contribution in [0.1, 0.15) is 11.4 Å². The zero-order valence-corrected chi connectivity index (χ0v) is 11.6. The van der Waals surface area contributed by atoms with Crippen molar-refractivity contribution in [3.63, 3.8) is 0 Å². The Labute approximate surface area is 122 Å². The Bertz CT molecular complexity index is 765. The van der Waals surface area contributed by atoms with Crippen LogP contribution < -0.4 is 5.73 Å². The van der Waals surface area contributed by atoms with Crippen molar-refractivity contribution in [2.45, 2.75) is 13.5 Å². The van der Waals surface area contributed by atoms with E-state index in [1.54, 1.807) is 16.7 Å². The van der Waals surface area contributed by atoms with Crippen LogP contribution in [-0.4, -0.2) is 14.8 Å². The lowest BCUT2D eigenvalue weighted by Crippen LogP contribution is -2.08. The molecule has 0 saturated carbocycles. The molecule has 3 rings (SSSR count). The van der Waals surface area contributed by atoms with Crippen molar-refractivity contribution in [1.29, 1.82) is 0 Å². The van der Waals surface area contributed by atoms with Gasteiger partial charge in [0.05, 0.1) is 12.1 Å². The van der Waals surface area contributed by atoms with Gasteiger partial charge in [-0.05, 0) is 31.2 Å². The molecule has 1 heterocycles. The fourth-order valence-corrected chi connectivity index (χ4v) is 2.28. The molecular weight excluding hydrogens is 267 g/mol. The van der Waals surface area contributed by atoms with Gasteiger partial charge in [0.2, 0.25) is 0 Å². The number of para-hydroxylation sites is 1. The minimum Gasteiger partial charge on any atom is -0.324 e. The molecule has 0 amide bonds. The molecule has 3 aromatic rings. The number of hydrogen-bond acceptors (Lipinski definition) is 3. The van der Waals surface area contributed by atoms with Gasteiger partial charge in [0.25, 0.3) is 0 Å². The molecule has 0 aliphatic carbocycles. The Morgan fingerprint density at radius 3 is 2.57 bits per heavy atom. The Balaban J connectivity index is 2.25. The van der Waals surface area contributed by atoms with Crippen LogP contribution in [0.5, 0.6) is 0 Å². The van der Waals surface area contributed by atoms with Crippen LogP contribution in [0.25, 0.3) is 17.1 Å². The van der Waals surface area contributed by atoms with E-state index >= 15 is 0 Å². The van der Waals surface area contributed by atoms with E-state index in [2.05, 4.69) is 10.2 Å². The summed E-state index contributed by atoms with van der Waals surface area (Å²) in [6, 6.07) is 14.5. The summed E-state index contributed by atoms with van der Waals surface area (Å²) < 4.78 is 15.9. The van der Waals surface area contributed by atoms with Crippen LogP contribution in [0.3, 0.4) is 0 Å². The van der Waals surface area contributed by atoms with E-state index in [1.165, 1.54) is 6.07 Å². The smallest absolute Gasteiger partial charge is 0.171 e. The molecule has 0 atom stereocenters. The zero-order valence-electron chi connectivity index (χ0n) is 11.6. The quantitative estimate of drug-likeness (QED) is 0.803. The summed E-state index contributed by atoms with van der Waals surface area (Å²) in [4.78, 5) is 0. The molecule has 4 nitrogen and oxygen atoms in total. The first-order valence-corrected chi connectivity index (χ1v) is 6.67. The average molecular weight is 282 g/mol. The van der Waals surface area contributed by atoms with E-state index in [0.29, 0.717) is 17.2 Å². The van der Waals surface area contributed by atoms with Crippen LogP contribution in [0.2, 0.25) is 0 Å². The molecule has 0 saturated heterocycles. The molecule has 5 heteroatoms. The highest BCUT2D eigenvalue weighted by atomic mass is 19.1.